The van der Waals surface area contributed by atoms with Crippen LogP contribution in [-0.4, -0.2) is 55.3 Å². The fourth-order valence-corrected chi connectivity index (χ4v) is 4.39. The van der Waals surface area contributed by atoms with E-state index in [1.54, 1.807) is 48.2 Å². The number of aromatic nitrogens is 2. The summed E-state index contributed by atoms with van der Waals surface area (Å²) >= 11 is 6.39. The van der Waals surface area contributed by atoms with Gasteiger partial charge in [0.1, 0.15) is 23.5 Å². The van der Waals surface area contributed by atoms with E-state index in [0.717, 1.165) is 11.1 Å². The molecule has 2 aromatic carbocycles. The van der Waals surface area contributed by atoms with Gasteiger partial charge in [0.2, 0.25) is 0 Å². The molecule has 1 unspecified atom stereocenters. The van der Waals surface area contributed by atoms with Gasteiger partial charge in [-0.25, -0.2) is 14.8 Å². The first-order valence-corrected chi connectivity index (χ1v) is 12.0. The third-order valence-corrected chi connectivity index (χ3v) is 5.98. The summed E-state index contributed by atoms with van der Waals surface area (Å²) in [6, 6.07) is 12.4. The minimum Gasteiger partial charge on any atom is -0.493 e. The molecule has 0 spiro atoms. The molecule has 1 atom stereocenters. The summed E-state index contributed by atoms with van der Waals surface area (Å²) in [5, 5.41) is 3.74. The molecule has 0 aliphatic carbocycles. The maximum Gasteiger partial charge on any atom is 0.341 e. The zero-order valence-electron chi connectivity index (χ0n) is 20.3. The van der Waals surface area contributed by atoms with Crippen LogP contribution in [0.4, 0.5) is 11.5 Å². The van der Waals surface area contributed by atoms with Crippen molar-refractivity contribution in [2.75, 3.05) is 43.6 Å². The molecule has 4 rings (SSSR count). The van der Waals surface area contributed by atoms with Crippen molar-refractivity contribution in [3.8, 4) is 17.0 Å². The lowest BCUT2D eigenvalue weighted by Gasteiger charge is -2.19. The number of para-hydroxylation sites is 1. The third kappa shape index (κ3) is 5.12. The van der Waals surface area contributed by atoms with Crippen LogP contribution in [0.15, 0.2) is 48.8 Å². The third-order valence-electron chi connectivity index (χ3n) is 5.68. The monoisotopic (exact) mass is 510 g/mol. The molecule has 3 aromatic rings. The first-order chi connectivity index (χ1) is 17.5. The molecule has 0 bridgehead atoms. The summed E-state index contributed by atoms with van der Waals surface area (Å²) in [5.41, 5.74) is 3.20. The number of benzene rings is 2. The molecule has 1 N–H and O–H groups in total. The van der Waals surface area contributed by atoms with Crippen molar-refractivity contribution in [3.63, 3.8) is 0 Å². The number of amides is 1. The van der Waals surface area contributed by atoms with Gasteiger partial charge in [-0.05, 0) is 32.0 Å². The van der Waals surface area contributed by atoms with Crippen molar-refractivity contribution >= 4 is 35.0 Å². The Hall–Kier alpha value is -3.69. The summed E-state index contributed by atoms with van der Waals surface area (Å²) in [7, 11) is 1.51. The predicted molar refractivity (Wildman–Crippen MR) is 137 cm³/mol. The van der Waals surface area contributed by atoms with Crippen molar-refractivity contribution in [2.24, 2.45) is 0 Å². The van der Waals surface area contributed by atoms with Gasteiger partial charge in [-0.15, -0.1) is 0 Å². The number of rotatable bonds is 10. The van der Waals surface area contributed by atoms with Crippen LogP contribution in [0.3, 0.4) is 0 Å². The van der Waals surface area contributed by atoms with Crippen molar-refractivity contribution in [1.29, 1.82) is 0 Å². The van der Waals surface area contributed by atoms with E-state index in [-0.39, 0.29) is 12.5 Å². The van der Waals surface area contributed by atoms with Crippen molar-refractivity contribution in [1.82, 2.24) is 9.97 Å². The highest BCUT2D eigenvalue weighted by atomic mass is 35.5. The molecule has 10 heteroatoms. The fraction of sp³-hybridized carbons (Fsp3) is 0.308. The highest BCUT2D eigenvalue weighted by Crippen LogP contribution is 2.42. The minimum atomic E-state index is -0.665. The van der Waals surface area contributed by atoms with Gasteiger partial charge in [-0.3, -0.25) is 4.79 Å². The number of ether oxygens (including phenoxy) is 3. The van der Waals surface area contributed by atoms with E-state index >= 15 is 0 Å². The Morgan fingerprint density at radius 2 is 1.97 bits per heavy atom. The number of halogens is 1. The standard InChI is InChI=1S/C26H27ClN4O5/c1-4-35-21-13-16(9-10-17(21)26(33)36-5-2)20-14-22(30-15-29-20)28-11-12-31-23-18(7-6-8-19(23)27)24(34-3)25(31)32/h6-10,13-15,24H,4-5,11-12H2,1-3H3,(H,28,29,30). The van der Waals surface area contributed by atoms with Gasteiger partial charge in [-0.1, -0.05) is 29.8 Å². The van der Waals surface area contributed by atoms with Gasteiger partial charge in [0.25, 0.3) is 5.91 Å². The molecule has 9 nitrogen and oxygen atoms in total. The van der Waals surface area contributed by atoms with Gasteiger partial charge >= 0.3 is 5.97 Å². The minimum absolute atomic E-state index is 0.157. The number of carbonyl (C=O) groups is 2. The topological polar surface area (TPSA) is 103 Å². The molecule has 0 fully saturated rings. The SMILES string of the molecule is CCOC(=O)c1ccc(-c2cc(NCCN3C(=O)C(OC)c4cccc(Cl)c43)ncn2)cc1OCC. The Labute approximate surface area is 214 Å². The maximum absolute atomic E-state index is 12.9. The predicted octanol–water partition coefficient (Wildman–Crippen LogP) is 4.52. The lowest BCUT2D eigenvalue weighted by molar-refractivity contribution is -0.127. The summed E-state index contributed by atoms with van der Waals surface area (Å²) in [6.45, 7) is 5.08. The second-order valence-electron chi connectivity index (χ2n) is 7.86. The summed E-state index contributed by atoms with van der Waals surface area (Å²) < 4.78 is 16.2. The van der Waals surface area contributed by atoms with Crippen LogP contribution in [-0.2, 0) is 14.3 Å². The van der Waals surface area contributed by atoms with Crippen molar-refractivity contribution < 1.29 is 23.8 Å². The Morgan fingerprint density at radius 1 is 1.14 bits per heavy atom. The van der Waals surface area contributed by atoms with E-state index in [1.165, 1.54) is 13.4 Å². The Balaban J connectivity index is 1.49. The zero-order chi connectivity index (χ0) is 25.7. The maximum atomic E-state index is 12.9. The molecule has 1 amide bonds. The number of nitrogens with zero attached hydrogens (tertiary/aromatic N) is 3. The fourth-order valence-electron chi connectivity index (χ4n) is 4.10. The van der Waals surface area contributed by atoms with Crippen LogP contribution in [0.2, 0.25) is 5.02 Å². The molecule has 0 saturated carbocycles. The van der Waals surface area contributed by atoms with Gasteiger partial charge in [0.05, 0.1) is 29.6 Å². The average molecular weight is 511 g/mol. The van der Waals surface area contributed by atoms with Gasteiger partial charge in [0.15, 0.2) is 6.10 Å². The van der Waals surface area contributed by atoms with Crippen LogP contribution >= 0.6 is 11.6 Å². The molecule has 1 aliphatic rings. The van der Waals surface area contributed by atoms with Gasteiger partial charge < -0.3 is 24.4 Å². The van der Waals surface area contributed by atoms with Gasteiger partial charge in [-0.2, -0.15) is 0 Å². The smallest absolute Gasteiger partial charge is 0.341 e. The lowest BCUT2D eigenvalue weighted by atomic mass is 10.1. The first-order valence-electron chi connectivity index (χ1n) is 11.6. The number of carbonyl (C=O) groups excluding carboxylic acids is 2. The first kappa shape index (κ1) is 25.4. The Bertz CT molecular complexity index is 1270. The Kier molecular flexibility index (Phi) is 8.02. The Morgan fingerprint density at radius 3 is 2.72 bits per heavy atom. The molecule has 2 heterocycles. The van der Waals surface area contributed by atoms with E-state index in [1.807, 2.05) is 13.0 Å². The lowest BCUT2D eigenvalue weighted by Crippen LogP contribution is -2.33. The molecule has 1 aliphatic heterocycles. The summed E-state index contributed by atoms with van der Waals surface area (Å²) in [6.07, 6.45) is 0.785. The van der Waals surface area contributed by atoms with Crippen LogP contribution in [0.1, 0.15) is 35.9 Å². The van der Waals surface area contributed by atoms with Crippen LogP contribution in [0.5, 0.6) is 5.75 Å². The highest BCUT2D eigenvalue weighted by Gasteiger charge is 2.38. The molecule has 0 saturated heterocycles. The van der Waals surface area contributed by atoms with Gasteiger partial charge in [0, 0.05) is 37.4 Å². The number of hydrogen-bond acceptors (Lipinski definition) is 8. The number of esters is 1. The van der Waals surface area contributed by atoms with Crippen molar-refractivity contribution in [2.45, 2.75) is 20.0 Å². The molecule has 0 radical (unpaired) electrons. The van der Waals surface area contributed by atoms with E-state index in [0.29, 0.717) is 53.2 Å². The second-order valence-corrected chi connectivity index (χ2v) is 8.27. The normalized spacial score (nSPS) is 14.5. The van der Waals surface area contributed by atoms with E-state index in [4.69, 9.17) is 25.8 Å². The molecule has 36 heavy (non-hydrogen) atoms. The quantitative estimate of drug-likeness (QED) is 0.397. The van der Waals surface area contributed by atoms with Crippen LogP contribution in [0, 0.1) is 0 Å². The van der Waals surface area contributed by atoms with Crippen molar-refractivity contribution in [3.05, 3.63) is 64.9 Å². The second kappa shape index (κ2) is 11.4. The van der Waals surface area contributed by atoms with Crippen LogP contribution in [0.25, 0.3) is 11.3 Å². The highest BCUT2D eigenvalue weighted by molar-refractivity contribution is 6.34. The number of hydrogen-bond donors (Lipinski definition) is 1. The summed E-state index contributed by atoms with van der Waals surface area (Å²) in [4.78, 5) is 35.4. The average Bonchev–Trinajstić information content (AvgIpc) is 3.16. The largest absolute Gasteiger partial charge is 0.493 e. The molecule has 1 aromatic heterocycles. The number of nitrogens with one attached hydrogen (secondary N) is 1. The molecular formula is C26H27ClN4O5. The van der Waals surface area contributed by atoms with E-state index in [9.17, 15) is 9.59 Å². The zero-order valence-corrected chi connectivity index (χ0v) is 21.0. The van der Waals surface area contributed by atoms with E-state index < -0.39 is 12.1 Å². The molecular weight excluding hydrogens is 484 g/mol. The number of methoxy groups -OCH3 is 1. The van der Waals surface area contributed by atoms with E-state index in [2.05, 4.69) is 15.3 Å². The summed E-state index contributed by atoms with van der Waals surface area (Å²) in [5.74, 6) is 0.418. The number of anilines is 2. The molecule has 188 valence electrons. The number of fused-ring (bicyclic) bond motifs is 1. The van der Waals surface area contributed by atoms with Crippen LogP contribution < -0.4 is 15.0 Å².